The molecule has 7 heteroatoms. The van der Waals surface area contributed by atoms with Crippen LogP contribution in [0, 0.1) is 3.83 Å². The van der Waals surface area contributed by atoms with Crippen LogP contribution in [0.15, 0.2) is 9.59 Å². The third-order valence-electron chi connectivity index (χ3n) is 2.42. The number of fused-ring (bicyclic) bond motifs is 1. The van der Waals surface area contributed by atoms with Crippen molar-refractivity contribution in [2.75, 3.05) is 0 Å². The van der Waals surface area contributed by atoms with Gasteiger partial charge in [0.25, 0.3) is 5.56 Å². The van der Waals surface area contributed by atoms with Gasteiger partial charge in [-0.1, -0.05) is 0 Å². The largest absolute Gasteiger partial charge is 0.332 e. The van der Waals surface area contributed by atoms with Gasteiger partial charge in [-0.25, -0.2) is 9.78 Å². The fraction of sp³-hybridized carbons (Fsp3) is 0.375. The maximum Gasteiger partial charge on any atom is 0.332 e. The van der Waals surface area contributed by atoms with E-state index >= 15 is 0 Å². The highest BCUT2D eigenvalue weighted by atomic mass is 127. The summed E-state index contributed by atoms with van der Waals surface area (Å²) in [5, 5.41) is 0. The minimum atomic E-state index is -0.359. The Morgan fingerprint density at radius 2 is 1.67 bits per heavy atom. The average molecular weight is 320 g/mol. The molecule has 0 radical (unpaired) electrons. The van der Waals surface area contributed by atoms with Crippen molar-refractivity contribution in [1.82, 2.24) is 18.7 Å². The molecule has 0 aliphatic heterocycles. The fourth-order valence-corrected chi connectivity index (χ4v) is 1.96. The van der Waals surface area contributed by atoms with Crippen LogP contribution >= 0.6 is 22.6 Å². The smallest absolute Gasteiger partial charge is 0.317 e. The maximum absolute atomic E-state index is 11.8. The van der Waals surface area contributed by atoms with Crippen LogP contribution in [0.25, 0.3) is 11.2 Å². The van der Waals surface area contributed by atoms with E-state index in [1.54, 1.807) is 18.7 Å². The van der Waals surface area contributed by atoms with Crippen molar-refractivity contribution >= 4 is 33.8 Å². The zero-order valence-corrected chi connectivity index (χ0v) is 10.6. The molecular weight excluding hydrogens is 311 g/mol. The maximum atomic E-state index is 11.8. The monoisotopic (exact) mass is 320 g/mol. The van der Waals surface area contributed by atoms with Crippen LogP contribution < -0.4 is 11.2 Å². The summed E-state index contributed by atoms with van der Waals surface area (Å²) in [4.78, 5) is 27.6. The molecule has 0 spiro atoms. The predicted molar refractivity (Wildman–Crippen MR) is 63.9 cm³/mol. The quantitative estimate of drug-likeness (QED) is 0.489. The number of halogens is 1. The molecule has 2 aromatic rings. The molecule has 0 aromatic carbocycles. The third kappa shape index (κ3) is 1.25. The zero-order valence-electron chi connectivity index (χ0n) is 8.48. The molecule has 0 fully saturated rings. The fourth-order valence-electron chi connectivity index (χ4n) is 1.49. The van der Waals surface area contributed by atoms with Gasteiger partial charge < -0.3 is 4.57 Å². The van der Waals surface area contributed by atoms with E-state index in [1.807, 2.05) is 22.6 Å². The number of aromatic nitrogens is 4. The minimum Gasteiger partial charge on any atom is -0.317 e. The van der Waals surface area contributed by atoms with Gasteiger partial charge in [-0.15, -0.1) is 0 Å². The van der Waals surface area contributed by atoms with Crippen molar-refractivity contribution in [3.63, 3.8) is 0 Å². The second-order valence-corrected chi connectivity index (χ2v) is 4.28. The summed E-state index contributed by atoms with van der Waals surface area (Å²) in [5.41, 5.74) is 0.201. The minimum absolute atomic E-state index is 0.314. The van der Waals surface area contributed by atoms with Gasteiger partial charge in [0.2, 0.25) is 0 Å². The van der Waals surface area contributed by atoms with Crippen LogP contribution in [-0.2, 0) is 21.1 Å². The van der Waals surface area contributed by atoms with Crippen LogP contribution in [0.4, 0.5) is 0 Å². The van der Waals surface area contributed by atoms with E-state index < -0.39 is 0 Å². The Labute approximate surface area is 98.3 Å². The molecule has 6 nitrogen and oxygen atoms in total. The van der Waals surface area contributed by atoms with Gasteiger partial charge in [0.1, 0.15) is 0 Å². The summed E-state index contributed by atoms with van der Waals surface area (Å²) < 4.78 is 4.82. The van der Waals surface area contributed by atoms with E-state index in [9.17, 15) is 9.59 Å². The lowest BCUT2D eigenvalue weighted by atomic mass is 10.5. The summed E-state index contributed by atoms with van der Waals surface area (Å²) in [6.07, 6.45) is 0. The first-order chi connectivity index (χ1) is 6.95. The van der Waals surface area contributed by atoms with Gasteiger partial charge in [0.05, 0.1) is 0 Å². The lowest BCUT2D eigenvalue weighted by molar-refractivity contribution is 0.705. The second-order valence-electron chi connectivity index (χ2n) is 3.32. The molecule has 0 aliphatic carbocycles. The molecule has 2 heterocycles. The highest BCUT2D eigenvalue weighted by molar-refractivity contribution is 14.1. The van der Waals surface area contributed by atoms with E-state index in [0.29, 0.717) is 15.0 Å². The molecule has 0 saturated carbocycles. The van der Waals surface area contributed by atoms with Crippen LogP contribution in [0.5, 0.6) is 0 Å². The Bertz CT molecular complexity index is 664. The first-order valence-corrected chi connectivity index (χ1v) is 5.31. The highest BCUT2D eigenvalue weighted by Gasteiger charge is 2.14. The number of hydrogen-bond donors (Lipinski definition) is 0. The third-order valence-corrected chi connectivity index (χ3v) is 3.39. The normalized spacial score (nSPS) is 11.2. The van der Waals surface area contributed by atoms with Gasteiger partial charge in [-0.05, 0) is 0 Å². The lowest BCUT2D eigenvalue weighted by Gasteiger charge is -2.02. The second kappa shape index (κ2) is 3.19. The van der Waals surface area contributed by atoms with Crippen molar-refractivity contribution < 1.29 is 0 Å². The molecule has 2 rings (SSSR count). The van der Waals surface area contributed by atoms with Gasteiger partial charge in [0.15, 0.2) is 15.0 Å². The molecule has 80 valence electrons. The molecule has 0 saturated heterocycles. The van der Waals surface area contributed by atoms with Crippen molar-refractivity contribution in [2.24, 2.45) is 21.1 Å². The van der Waals surface area contributed by atoms with Gasteiger partial charge in [-0.2, -0.15) is 0 Å². The number of hydrogen-bond acceptors (Lipinski definition) is 3. The van der Waals surface area contributed by atoms with Crippen LogP contribution in [-0.4, -0.2) is 18.7 Å². The molecular formula is C8H9IN4O2. The molecule has 0 N–H and O–H groups in total. The predicted octanol–water partition coefficient (Wildman–Crippen LogP) is -0.425. The Morgan fingerprint density at radius 1 is 1.07 bits per heavy atom. The first-order valence-electron chi connectivity index (χ1n) is 4.23. The van der Waals surface area contributed by atoms with Crippen LogP contribution in [0.2, 0.25) is 0 Å². The summed E-state index contributed by atoms with van der Waals surface area (Å²) in [6, 6.07) is 0. The molecule has 0 aliphatic rings. The molecule has 0 unspecified atom stereocenters. The number of nitrogens with zero attached hydrogens (tertiary/aromatic N) is 4. The van der Waals surface area contributed by atoms with Gasteiger partial charge in [-0.3, -0.25) is 13.9 Å². The van der Waals surface area contributed by atoms with E-state index in [0.717, 1.165) is 4.57 Å². The van der Waals surface area contributed by atoms with E-state index in [2.05, 4.69) is 4.98 Å². The zero-order chi connectivity index (χ0) is 11.3. The Morgan fingerprint density at radius 3 is 2.27 bits per heavy atom. The number of rotatable bonds is 0. The molecule has 0 amide bonds. The Balaban J connectivity index is 3.23. The standard InChI is InChI=1S/C8H9IN4O2/c1-11-4-5(10-7(11)9)12(2)8(15)13(3)6(4)14/h1-3H3. The summed E-state index contributed by atoms with van der Waals surface area (Å²) in [5.74, 6) is 0. The van der Waals surface area contributed by atoms with Crippen molar-refractivity contribution in [3.8, 4) is 0 Å². The topological polar surface area (TPSA) is 61.8 Å². The average Bonchev–Trinajstić information content (AvgIpc) is 2.50. The number of aryl methyl sites for hydroxylation is 2. The molecule has 15 heavy (non-hydrogen) atoms. The van der Waals surface area contributed by atoms with Crippen molar-refractivity contribution in [1.29, 1.82) is 0 Å². The van der Waals surface area contributed by atoms with E-state index in [1.165, 1.54) is 11.6 Å². The van der Waals surface area contributed by atoms with Gasteiger partial charge in [0, 0.05) is 43.7 Å². The van der Waals surface area contributed by atoms with Crippen LogP contribution in [0.3, 0.4) is 0 Å². The summed E-state index contributed by atoms with van der Waals surface area (Å²) >= 11 is 2.02. The first kappa shape index (κ1) is 10.4. The highest BCUT2D eigenvalue weighted by Crippen LogP contribution is 2.09. The molecule has 2 aromatic heterocycles. The summed E-state index contributed by atoms with van der Waals surface area (Å²) in [7, 11) is 4.82. The Kier molecular flexibility index (Phi) is 2.21. The van der Waals surface area contributed by atoms with E-state index in [4.69, 9.17) is 0 Å². The van der Waals surface area contributed by atoms with Gasteiger partial charge >= 0.3 is 5.69 Å². The van der Waals surface area contributed by atoms with Crippen LogP contribution in [0.1, 0.15) is 0 Å². The van der Waals surface area contributed by atoms with Crippen molar-refractivity contribution in [2.45, 2.75) is 0 Å². The SMILES string of the molecule is Cn1c(=O)c2c(nc(I)n2C)n(C)c1=O. The van der Waals surface area contributed by atoms with E-state index in [-0.39, 0.29) is 11.2 Å². The number of imidazole rings is 1. The Hall–Kier alpha value is -1.12. The lowest BCUT2D eigenvalue weighted by Crippen LogP contribution is -2.37. The molecule has 0 bridgehead atoms. The van der Waals surface area contributed by atoms with Crippen molar-refractivity contribution in [3.05, 3.63) is 24.7 Å². The summed E-state index contributed by atoms with van der Waals surface area (Å²) in [6.45, 7) is 0. The molecule has 0 atom stereocenters.